The van der Waals surface area contributed by atoms with Crippen molar-refractivity contribution >= 4 is 11.6 Å². The average molecular weight is 313 g/mol. The van der Waals surface area contributed by atoms with Gasteiger partial charge in [0.15, 0.2) is 0 Å². The molecule has 5 heteroatoms. The molecule has 2 rings (SSSR count). The number of nitrogens with one attached hydrogen (secondary N) is 1. The molecule has 0 amide bonds. The van der Waals surface area contributed by atoms with E-state index in [1.165, 1.54) is 12.8 Å². The maximum Gasteiger partial charge on any atom is 0.123 e. The second kappa shape index (κ2) is 7.99. The van der Waals surface area contributed by atoms with Crippen LogP contribution in [-0.4, -0.2) is 49.4 Å². The Kier molecular flexibility index (Phi) is 6.30. The van der Waals surface area contributed by atoms with Gasteiger partial charge < -0.3 is 20.1 Å². The molecule has 1 aliphatic heterocycles. The quantitative estimate of drug-likeness (QED) is 0.812. The highest BCUT2D eigenvalue weighted by molar-refractivity contribution is 6.30. The molecule has 0 saturated carbocycles. The Balaban J connectivity index is 1.85. The normalized spacial score (nSPS) is 18.7. The predicted octanol–water partition coefficient (Wildman–Crippen LogP) is 2.46. The van der Waals surface area contributed by atoms with E-state index in [9.17, 15) is 5.11 Å². The smallest absolute Gasteiger partial charge is 0.123 e. The van der Waals surface area contributed by atoms with Crippen LogP contribution in [0.5, 0.6) is 5.75 Å². The molecule has 0 bridgehead atoms. The Hall–Kier alpha value is -0.810. The van der Waals surface area contributed by atoms with E-state index in [2.05, 4.69) is 17.1 Å². The molecule has 2 N–H and O–H groups in total. The molecule has 1 aromatic carbocycles. The minimum atomic E-state index is -0.351. The summed E-state index contributed by atoms with van der Waals surface area (Å²) in [5.41, 5.74) is 1.01. The van der Waals surface area contributed by atoms with E-state index in [4.69, 9.17) is 16.3 Å². The number of halogens is 1. The summed E-state index contributed by atoms with van der Waals surface area (Å²) < 4.78 is 5.37. The van der Waals surface area contributed by atoms with Crippen LogP contribution in [0.15, 0.2) is 18.2 Å². The third-order valence-electron chi connectivity index (χ3n) is 3.99. The van der Waals surface area contributed by atoms with Gasteiger partial charge in [0.2, 0.25) is 0 Å². The van der Waals surface area contributed by atoms with E-state index in [0.717, 1.165) is 30.9 Å². The van der Waals surface area contributed by atoms with Crippen molar-refractivity contribution < 1.29 is 9.84 Å². The standard InChI is InChI=1S/C16H25ClN2O2/c1-12(15-9-13(17)5-6-16(15)21-2)18-10-14(20)11-19-7-3-4-8-19/h5-6,9,12,14,18,20H,3-4,7-8,10-11H2,1-2H3. The highest BCUT2D eigenvalue weighted by Crippen LogP contribution is 2.28. The number of ether oxygens (including phenoxy) is 1. The topological polar surface area (TPSA) is 44.7 Å². The molecule has 2 unspecified atom stereocenters. The lowest BCUT2D eigenvalue weighted by molar-refractivity contribution is 0.121. The molecule has 1 fully saturated rings. The molecule has 4 nitrogen and oxygen atoms in total. The van der Waals surface area contributed by atoms with Crippen LogP contribution >= 0.6 is 11.6 Å². The molecule has 1 aliphatic rings. The molecule has 1 aromatic rings. The van der Waals surface area contributed by atoms with Crippen molar-refractivity contribution in [2.24, 2.45) is 0 Å². The number of benzene rings is 1. The van der Waals surface area contributed by atoms with Gasteiger partial charge in [0.05, 0.1) is 13.2 Å². The van der Waals surface area contributed by atoms with Crippen LogP contribution in [0, 0.1) is 0 Å². The fourth-order valence-corrected chi connectivity index (χ4v) is 2.97. The third kappa shape index (κ3) is 4.85. The SMILES string of the molecule is COc1ccc(Cl)cc1C(C)NCC(O)CN1CCCC1. The van der Waals surface area contributed by atoms with Crippen molar-refractivity contribution in [3.8, 4) is 5.75 Å². The third-order valence-corrected chi connectivity index (χ3v) is 4.22. The van der Waals surface area contributed by atoms with E-state index >= 15 is 0 Å². The summed E-state index contributed by atoms with van der Waals surface area (Å²) in [5.74, 6) is 0.813. The number of aliphatic hydroxyl groups is 1. The first-order valence-corrected chi connectivity index (χ1v) is 7.95. The van der Waals surface area contributed by atoms with Crippen LogP contribution in [0.1, 0.15) is 31.4 Å². The van der Waals surface area contributed by atoms with Crippen LogP contribution in [0.2, 0.25) is 5.02 Å². The van der Waals surface area contributed by atoms with Crippen LogP contribution in [-0.2, 0) is 0 Å². The molecule has 1 saturated heterocycles. The Morgan fingerprint density at radius 2 is 2.10 bits per heavy atom. The number of hydrogen-bond acceptors (Lipinski definition) is 4. The number of β-amino-alcohol motifs (C(OH)–C–C–N with tert-alkyl or cyclic N) is 1. The summed E-state index contributed by atoms with van der Waals surface area (Å²) in [4.78, 5) is 2.32. The summed E-state index contributed by atoms with van der Waals surface area (Å²) in [6, 6.07) is 5.67. The Morgan fingerprint density at radius 3 is 2.76 bits per heavy atom. The van der Waals surface area contributed by atoms with Crippen LogP contribution in [0.25, 0.3) is 0 Å². The highest BCUT2D eigenvalue weighted by Gasteiger charge is 2.17. The van der Waals surface area contributed by atoms with Gasteiger partial charge in [-0.3, -0.25) is 0 Å². The molecule has 21 heavy (non-hydrogen) atoms. The van der Waals surface area contributed by atoms with E-state index < -0.39 is 0 Å². The van der Waals surface area contributed by atoms with Gasteiger partial charge in [-0.1, -0.05) is 11.6 Å². The zero-order chi connectivity index (χ0) is 15.2. The number of hydrogen-bond donors (Lipinski definition) is 2. The second-order valence-corrected chi connectivity index (χ2v) is 6.11. The number of methoxy groups -OCH3 is 1. The number of nitrogens with zero attached hydrogens (tertiary/aromatic N) is 1. The van der Waals surface area contributed by atoms with Gasteiger partial charge in [-0.15, -0.1) is 0 Å². The van der Waals surface area contributed by atoms with Gasteiger partial charge >= 0.3 is 0 Å². The lowest BCUT2D eigenvalue weighted by atomic mass is 10.1. The van der Waals surface area contributed by atoms with Crippen molar-refractivity contribution in [2.45, 2.75) is 31.9 Å². The number of rotatable bonds is 7. The van der Waals surface area contributed by atoms with Crippen molar-refractivity contribution in [1.29, 1.82) is 0 Å². The first kappa shape index (κ1) is 16.6. The van der Waals surface area contributed by atoms with Crippen LogP contribution in [0.3, 0.4) is 0 Å². The lowest BCUT2D eigenvalue weighted by Gasteiger charge is -2.22. The summed E-state index contributed by atoms with van der Waals surface area (Å²) in [6.07, 6.45) is 2.14. The Labute approximate surface area is 132 Å². The molecule has 1 heterocycles. The zero-order valence-electron chi connectivity index (χ0n) is 12.8. The van der Waals surface area contributed by atoms with Crippen LogP contribution in [0.4, 0.5) is 0 Å². The van der Waals surface area contributed by atoms with Crippen molar-refractivity contribution in [3.63, 3.8) is 0 Å². The van der Waals surface area contributed by atoms with E-state index in [0.29, 0.717) is 11.6 Å². The molecular weight excluding hydrogens is 288 g/mol. The molecule has 0 aromatic heterocycles. The van der Waals surface area contributed by atoms with Gasteiger partial charge in [0.1, 0.15) is 5.75 Å². The lowest BCUT2D eigenvalue weighted by Crippen LogP contribution is -2.37. The molecule has 118 valence electrons. The van der Waals surface area contributed by atoms with Gasteiger partial charge in [-0.05, 0) is 51.1 Å². The number of aliphatic hydroxyl groups excluding tert-OH is 1. The minimum Gasteiger partial charge on any atom is -0.496 e. The maximum absolute atomic E-state index is 10.1. The average Bonchev–Trinajstić information content (AvgIpc) is 2.97. The predicted molar refractivity (Wildman–Crippen MR) is 86.1 cm³/mol. The van der Waals surface area contributed by atoms with Crippen molar-refractivity contribution in [2.75, 3.05) is 33.3 Å². The molecular formula is C16H25ClN2O2. The largest absolute Gasteiger partial charge is 0.496 e. The molecule has 0 radical (unpaired) electrons. The summed E-state index contributed by atoms with van der Waals surface area (Å²) in [7, 11) is 1.65. The fourth-order valence-electron chi connectivity index (χ4n) is 2.79. The monoisotopic (exact) mass is 312 g/mol. The van der Waals surface area contributed by atoms with Crippen molar-refractivity contribution in [1.82, 2.24) is 10.2 Å². The Bertz CT molecular complexity index is 450. The van der Waals surface area contributed by atoms with Crippen LogP contribution < -0.4 is 10.1 Å². The summed E-state index contributed by atoms with van der Waals surface area (Å²) in [5, 5.41) is 14.2. The van der Waals surface area contributed by atoms with E-state index in [1.807, 2.05) is 18.2 Å². The first-order chi connectivity index (χ1) is 10.1. The van der Waals surface area contributed by atoms with Gasteiger partial charge in [0, 0.05) is 29.7 Å². The number of likely N-dealkylation sites (tertiary alicyclic amines) is 1. The first-order valence-electron chi connectivity index (χ1n) is 7.57. The molecule has 0 spiro atoms. The van der Waals surface area contributed by atoms with E-state index in [1.54, 1.807) is 7.11 Å². The molecule has 0 aliphatic carbocycles. The Morgan fingerprint density at radius 1 is 1.38 bits per heavy atom. The maximum atomic E-state index is 10.1. The fraction of sp³-hybridized carbons (Fsp3) is 0.625. The summed E-state index contributed by atoms with van der Waals surface area (Å²) >= 11 is 6.05. The van der Waals surface area contributed by atoms with Crippen molar-refractivity contribution in [3.05, 3.63) is 28.8 Å². The second-order valence-electron chi connectivity index (χ2n) is 5.68. The van der Waals surface area contributed by atoms with Gasteiger partial charge in [-0.2, -0.15) is 0 Å². The molecule has 2 atom stereocenters. The highest BCUT2D eigenvalue weighted by atomic mass is 35.5. The minimum absolute atomic E-state index is 0.0758. The zero-order valence-corrected chi connectivity index (χ0v) is 13.6. The van der Waals surface area contributed by atoms with E-state index in [-0.39, 0.29) is 12.1 Å². The van der Waals surface area contributed by atoms with Gasteiger partial charge in [-0.25, -0.2) is 0 Å². The summed E-state index contributed by atoms with van der Waals surface area (Å²) in [6.45, 7) is 5.57. The van der Waals surface area contributed by atoms with Gasteiger partial charge in [0.25, 0.3) is 0 Å².